The van der Waals surface area contributed by atoms with E-state index in [4.69, 9.17) is 9.72 Å². The highest BCUT2D eigenvalue weighted by molar-refractivity contribution is 5.96. The van der Waals surface area contributed by atoms with Gasteiger partial charge in [0.15, 0.2) is 5.82 Å². The molecule has 142 valence electrons. The molecule has 3 fully saturated rings. The van der Waals surface area contributed by atoms with E-state index in [0.29, 0.717) is 5.92 Å². The lowest BCUT2D eigenvalue weighted by Crippen LogP contribution is -2.38. The number of aromatic nitrogens is 3. The smallest absolute Gasteiger partial charge is 0.254 e. The molecule has 2 heterocycles. The Kier molecular flexibility index (Phi) is 3.78. The predicted octanol–water partition coefficient (Wildman–Crippen LogP) is 3.41. The summed E-state index contributed by atoms with van der Waals surface area (Å²) in [4.78, 5) is 20.1. The van der Waals surface area contributed by atoms with Crippen LogP contribution in [-0.4, -0.2) is 46.2 Å². The second-order valence-electron chi connectivity index (χ2n) is 8.49. The van der Waals surface area contributed by atoms with Gasteiger partial charge in [-0.1, -0.05) is 6.42 Å². The minimum absolute atomic E-state index is 0.117. The minimum atomic E-state index is 0.117. The molecule has 3 aliphatic rings. The summed E-state index contributed by atoms with van der Waals surface area (Å²) in [5.41, 5.74) is 1.90. The quantitative estimate of drug-likeness (QED) is 0.900. The summed E-state index contributed by atoms with van der Waals surface area (Å²) in [7, 11) is 1.65. The van der Waals surface area contributed by atoms with Crippen molar-refractivity contribution >= 4 is 5.91 Å². The molecule has 1 spiro atoms. The van der Waals surface area contributed by atoms with Crippen molar-refractivity contribution in [2.75, 3.05) is 20.2 Å². The normalized spacial score (nSPS) is 23.5. The van der Waals surface area contributed by atoms with E-state index in [-0.39, 0.29) is 17.2 Å². The first-order chi connectivity index (χ1) is 13.1. The van der Waals surface area contributed by atoms with Gasteiger partial charge in [0.25, 0.3) is 5.91 Å². The molecule has 1 N–H and O–H groups in total. The summed E-state index contributed by atoms with van der Waals surface area (Å²) in [6.45, 7) is 3.52. The van der Waals surface area contributed by atoms with Gasteiger partial charge < -0.3 is 9.64 Å². The van der Waals surface area contributed by atoms with Crippen molar-refractivity contribution in [3.63, 3.8) is 0 Å². The fourth-order valence-electron chi connectivity index (χ4n) is 4.78. The number of aromatic amines is 1. The molecule has 0 radical (unpaired) electrons. The molecule has 0 bridgehead atoms. The van der Waals surface area contributed by atoms with Gasteiger partial charge in [-0.2, -0.15) is 5.10 Å². The van der Waals surface area contributed by atoms with Gasteiger partial charge in [-0.25, -0.2) is 4.98 Å². The maximum absolute atomic E-state index is 13.2. The highest BCUT2D eigenvalue weighted by Gasteiger charge is 2.53. The second-order valence-corrected chi connectivity index (χ2v) is 8.49. The molecule has 27 heavy (non-hydrogen) atoms. The fourth-order valence-corrected chi connectivity index (χ4v) is 4.78. The summed E-state index contributed by atoms with van der Waals surface area (Å²) in [6.07, 6.45) is 5.98. The van der Waals surface area contributed by atoms with Crippen LogP contribution in [0.2, 0.25) is 0 Å². The Labute approximate surface area is 159 Å². The number of likely N-dealkylation sites (tertiary alicyclic amines) is 1. The average Bonchev–Trinajstić information content (AvgIpc) is 3.22. The van der Waals surface area contributed by atoms with Crippen LogP contribution in [0.3, 0.4) is 0 Å². The molecule has 1 unspecified atom stereocenters. The lowest BCUT2D eigenvalue weighted by molar-refractivity contribution is 0.0723. The predicted molar refractivity (Wildman–Crippen MR) is 101 cm³/mol. The van der Waals surface area contributed by atoms with Crippen LogP contribution in [0.1, 0.15) is 71.5 Å². The third-order valence-corrected chi connectivity index (χ3v) is 6.74. The second kappa shape index (κ2) is 6.08. The van der Waals surface area contributed by atoms with Gasteiger partial charge >= 0.3 is 0 Å². The summed E-state index contributed by atoms with van der Waals surface area (Å²) in [6, 6.07) is 5.68. The van der Waals surface area contributed by atoms with Gasteiger partial charge in [-0.3, -0.25) is 9.89 Å². The Morgan fingerprint density at radius 1 is 1.33 bits per heavy atom. The van der Waals surface area contributed by atoms with Crippen molar-refractivity contribution in [3.05, 3.63) is 41.0 Å². The number of benzene rings is 1. The van der Waals surface area contributed by atoms with Gasteiger partial charge in [0.05, 0.1) is 7.11 Å². The van der Waals surface area contributed by atoms with E-state index in [0.717, 1.165) is 41.6 Å². The van der Waals surface area contributed by atoms with E-state index in [1.807, 2.05) is 30.0 Å². The van der Waals surface area contributed by atoms with Crippen molar-refractivity contribution < 1.29 is 9.53 Å². The molecule has 1 amide bonds. The van der Waals surface area contributed by atoms with Crippen molar-refractivity contribution in [2.45, 2.75) is 50.9 Å². The number of hydrogen-bond donors (Lipinski definition) is 1. The third-order valence-electron chi connectivity index (χ3n) is 6.74. The summed E-state index contributed by atoms with van der Waals surface area (Å²) in [5, 5.41) is 7.66. The van der Waals surface area contributed by atoms with Crippen molar-refractivity contribution in [2.24, 2.45) is 5.41 Å². The van der Waals surface area contributed by atoms with Gasteiger partial charge in [-0.05, 0) is 61.8 Å². The number of ether oxygens (including phenoxy) is 1. The van der Waals surface area contributed by atoms with Gasteiger partial charge in [0, 0.05) is 30.5 Å². The number of hydrogen-bond acceptors (Lipinski definition) is 4. The first-order valence-corrected chi connectivity index (χ1v) is 9.96. The number of nitrogens with zero attached hydrogens (tertiary/aromatic N) is 3. The Bertz CT molecular complexity index is 882. The molecule has 1 aromatic carbocycles. The lowest BCUT2D eigenvalue weighted by Gasteiger charge is -2.41. The van der Waals surface area contributed by atoms with Crippen LogP contribution in [0.4, 0.5) is 0 Å². The van der Waals surface area contributed by atoms with E-state index >= 15 is 0 Å². The van der Waals surface area contributed by atoms with E-state index < -0.39 is 0 Å². The lowest BCUT2D eigenvalue weighted by atomic mass is 9.62. The number of methoxy groups -OCH3 is 1. The van der Waals surface area contributed by atoms with E-state index in [9.17, 15) is 4.79 Å². The Balaban J connectivity index is 1.40. The molecule has 2 saturated carbocycles. The number of H-pyrrole nitrogens is 1. The van der Waals surface area contributed by atoms with E-state index in [1.165, 1.54) is 32.1 Å². The molecule has 1 aliphatic heterocycles. The molecular weight excluding hydrogens is 340 g/mol. The number of carbonyl (C=O) groups excluding carboxylic acids is 1. The van der Waals surface area contributed by atoms with E-state index in [2.05, 4.69) is 10.2 Å². The molecule has 1 saturated heterocycles. The van der Waals surface area contributed by atoms with Crippen LogP contribution >= 0.6 is 0 Å². The first kappa shape index (κ1) is 16.8. The van der Waals surface area contributed by atoms with Crippen LogP contribution in [0.5, 0.6) is 5.75 Å². The van der Waals surface area contributed by atoms with Gasteiger partial charge in [-0.15, -0.1) is 0 Å². The monoisotopic (exact) mass is 366 g/mol. The Morgan fingerprint density at radius 3 is 2.78 bits per heavy atom. The zero-order valence-electron chi connectivity index (χ0n) is 16.0. The SMILES string of the molecule is COc1ccc(C(=O)N2CC(c3nc(C4CC4)n[nH]3)C3(CCC3)C2)c(C)c1. The minimum Gasteiger partial charge on any atom is -0.497 e. The van der Waals surface area contributed by atoms with Crippen LogP contribution in [0, 0.1) is 12.3 Å². The Hall–Kier alpha value is -2.37. The zero-order chi connectivity index (χ0) is 18.6. The van der Waals surface area contributed by atoms with Crippen LogP contribution in [-0.2, 0) is 0 Å². The van der Waals surface area contributed by atoms with E-state index in [1.54, 1.807) is 7.11 Å². The van der Waals surface area contributed by atoms with Crippen LogP contribution in [0.15, 0.2) is 18.2 Å². The molecule has 6 heteroatoms. The highest BCUT2D eigenvalue weighted by atomic mass is 16.5. The summed E-state index contributed by atoms with van der Waals surface area (Å²) in [5.74, 6) is 3.68. The number of aryl methyl sites for hydroxylation is 1. The van der Waals surface area contributed by atoms with Gasteiger partial charge in [0.1, 0.15) is 11.6 Å². The maximum atomic E-state index is 13.2. The van der Waals surface area contributed by atoms with Crippen LogP contribution in [0.25, 0.3) is 0 Å². The standard InChI is InChI=1S/C21H26N4O2/c1-13-10-15(27-2)6-7-16(13)20(26)25-11-17(21(12-25)8-3-9-21)19-22-18(23-24-19)14-4-5-14/h6-7,10,14,17H,3-5,8-9,11-12H2,1-2H3,(H,22,23,24). The largest absolute Gasteiger partial charge is 0.497 e. The van der Waals surface area contributed by atoms with Crippen molar-refractivity contribution in [3.8, 4) is 5.75 Å². The number of amides is 1. The molecule has 1 aromatic heterocycles. The topological polar surface area (TPSA) is 71.1 Å². The zero-order valence-corrected chi connectivity index (χ0v) is 16.0. The first-order valence-electron chi connectivity index (χ1n) is 9.96. The Morgan fingerprint density at radius 2 is 2.15 bits per heavy atom. The summed E-state index contributed by atoms with van der Waals surface area (Å²) >= 11 is 0. The van der Waals surface area contributed by atoms with Crippen molar-refractivity contribution in [1.29, 1.82) is 0 Å². The van der Waals surface area contributed by atoms with Gasteiger partial charge in [0.2, 0.25) is 0 Å². The average molecular weight is 366 g/mol. The molecule has 6 nitrogen and oxygen atoms in total. The maximum Gasteiger partial charge on any atom is 0.254 e. The molecule has 2 aromatic rings. The molecule has 5 rings (SSSR count). The molecular formula is C21H26N4O2. The van der Waals surface area contributed by atoms with Crippen LogP contribution < -0.4 is 4.74 Å². The molecule has 2 aliphatic carbocycles. The fraction of sp³-hybridized carbons (Fsp3) is 0.571. The third kappa shape index (κ3) is 2.73. The number of nitrogens with one attached hydrogen (secondary N) is 1. The molecule has 1 atom stereocenters. The number of carbonyl (C=O) groups is 1. The highest BCUT2D eigenvalue weighted by Crippen LogP contribution is 2.55. The van der Waals surface area contributed by atoms with Crippen molar-refractivity contribution in [1.82, 2.24) is 20.1 Å². The summed E-state index contributed by atoms with van der Waals surface area (Å²) < 4.78 is 5.27. The number of rotatable bonds is 4.